The molecule has 1 aliphatic rings. The molecule has 0 bridgehead atoms. The first-order chi connectivity index (χ1) is 10.4. The molecule has 2 aromatic rings. The summed E-state index contributed by atoms with van der Waals surface area (Å²) in [5, 5.41) is 9.48. The van der Waals surface area contributed by atoms with Crippen LogP contribution in [0.2, 0.25) is 5.15 Å². The van der Waals surface area contributed by atoms with Crippen LogP contribution in [0.4, 0.5) is 5.69 Å². The number of aromatic nitrogens is 1. The molecule has 2 heterocycles. The smallest absolute Gasteiger partial charge is 0.312 e. The number of hydrogen-bond donors (Lipinski definition) is 1. The number of benzene rings is 1. The molecule has 8 heteroatoms. The highest BCUT2D eigenvalue weighted by molar-refractivity contribution is 7.92. The molecule has 114 valence electrons. The third-order valence-corrected chi connectivity index (χ3v) is 5.50. The maximum absolute atomic E-state index is 12.7. The van der Waals surface area contributed by atoms with Gasteiger partial charge in [-0.15, -0.1) is 0 Å². The van der Waals surface area contributed by atoms with Gasteiger partial charge in [-0.2, -0.15) is 0 Å². The number of hydrogen-bond acceptors (Lipinski definition) is 4. The first-order valence-corrected chi connectivity index (χ1v) is 8.19. The van der Waals surface area contributed by atoms with Crippen molar-refractivity contribution in [3.8, 4) is 0 Å². The van der Waals surface area contributed by atoms with E-state index in [1.54, 1.807) is 24.3 Å². The van der Waals surface area contributed by atoms with Gasteiger partial charge in [0, 0.05) is 6.20 Å². The predicted molar refractivity (Wildman–Crippen MR) is 80.6 cm³/mol. The van der Waals surface area contributed by atoms with Gasteiger partial charge in [-0.05, 0) is 23.8 Å². The van der Waals surface area contributed by atoms with Crippen LogP contribution in [0.25, 0.3) is 0 Å². The Morgan fingerprint density at radius 2 is 2.00 bits per heavy atom. The predicted octanol–water partition coefficient (Wildman–Crippen LogP) is 2.11. The van der Waals surface area contributed by atoms with Crippen LogP contribution in [0.1, 0.15) is 11.5 Å². The van der Waals surface area contributed by atoms with Crippen molar-refractivity contribution in [2.45, 2.75) is 10.8 Å². The third kappa shape index (κ3) is 2.32. The van der Waals surface area contributed by atoms with Crippen LogP contribution in [0.3, 0.4) is 0 Å². The summed E-state index contributed by atoms with van der Waals surface area (Å²) in [6.45, 7) is -0.139. The summed E-state index contributed by atoms with van der Waals surface area (Å²) in [4.78, 5) is 15.1. The quantitative estimate of drug-likeness (QED) is 0.866. The van der Waals surface area contributed by atoms with E-state index in [0.717, 1.165) is 10.5 Å². The van der Waals surface area contributed by atoms with Crippen LogP contribution in [-0.4, -0.2) is 31.0 Å². The molecule has 1 atom stereocenters. The Kier molecular flexibility index (Phi) is 3.54. The van der Waals surface area contributed by atoms with Gasteiger partial charge in [0.2, 0.25) is 0 Å². The van der Waals surface area contributed by atoms with Crippen LogP contribution in [0, 0.1) is 0 Å². The molecule has 0 spiro atoms. The summed E-state index contributed by atoms with van der Waals surface area (Å²) < 4.78 is 26.6. The van der Waals surface area contributed by atoms with Gasteiger partial charge in [0.1, 0.15) is 16.0 Å². The second-order valence-electron chi connectivity index (χ2n) is 4.80. The molecule has 3 rings (SSSR count). The highest BCUT2D eigenvalue weighted by Gasteiger charge is 2.39. The molecule has 6 nitrogen and oxygen atoms in total. The minimum atomic E-state index is -3.89. The van der Waals surface area contributed by atoms with Crippen LogP contribution < -0.4 is 4.31 Å². The van der Waals surface area contributed by atoms with Crippen LogP contribution in [0.5, 0.6) is 0 Å². The molecule has 1 unspecified atom stereocenters. The minimum Gasteiger partial charge on any atom is -0.481 e. The molecular weight excluding hydrogens is 328 g/mol. The monoisotopic (exact) mass is 338 g/mol. The summed E-state index contributed by atoms with van der Waals surface area (Å²) in [6.07, 6.45) is 1.16. The number of halogens is 1. The lowest BCUT2D eigenvalue weighted by Gasteiger charge is -2.19. The standard InChI is InChI=1S/C14H11ClN2O4S/c15-13-6-5-9(7-16-13)22(20,21)17-8-11(14(18)19)10-3-1-2-4-12(10)17/h1-7,11H,8H2,(H,18,19). The zero-order valence-corrected chi connectivity index (χ0v) is 12.8. The van der Waals surface area contributed by atoms with Crippen molar-refractivity contribution in [2.24, 2.45) is 0 Å². The highest BCUT2D eigenvalue weighted by Crippen LogP contribution is 2.39. The summed E-state index contributed by atoms with van der Waals surface area (Å²) in [6, 6.07) is 9.32. The number of sulfonamides is 1. The van der Waals surface area contributed by atoms with Gasteiger partial charge in [0.05, 0.1) is 12.2 Å². The number of nitrogens with zero attached hydrogens (tertiary/aromatic N) is 2. The fourth-order valence-electron chi connectivity index (χ4n) is 2.45. The lowest BCUT2D eigenvalue weighted by Crippen LogP contribution is -2.31. The second kappa shape index (κ2) is 5.26. The average molecular weight is 339 g/mol. The molecule has 1 aliphatic heterocycles. The molecule has 1 aromatic carbocycles. The van der Waals surface area contributed by atoms with E-state index >= 15 is 0 Å². The third-order valence-electron chi connectivity index (χ3n) is 3.52. The fraction of sp³-hybridized carbons (Fsp3) is 0.143. The molecule has 1 N–H and O–H groups in total. The summed E-state index contributed by atoms with van der Waals surface area (Å²) >= 11 is 5.67. The Balaban J connectivity index is 2.09. The first kappa shape index (κ1) is 14.8. The molecule has 0 saturated carbocycles. The first-order valence-electron chi connectivity index (χ1n) is 6.37. The number of fused-ring (bicyclic) bond motifs is 1. The van der Waals surface area contributed by atoms with E-state index in [1.807, 2.05) is 0 Å². The van der Waals surface area contributed by atoms with Gasteiger partial charge in [0.25, 0.3) is 10.0 Å². The van der Waals surface area contributed by atoms with Crippen molar-refractivity contribution in [1.29, 1.82) is 0 Å². The molecule has 22 heavy (non-hydrogen) atoms. The molecule has 0 radical (unpaired) electrons. The second-order valence-corrected chi connectivity index (χ2v) is 7.05. The molecule has 0 saturated heterocycles. The van der Waals surface area contributed by atoms with Crippen molar-refractivity contribution in [3.63, 3.8) is 0 Å². The number of pyridine rings is 1. The summed E-state index contributed by atoms with van der Waals surface area (Å²) in [7, 11) is -3.89. The number of carbonyl (C=O) groups is 1. The maximum atomic E-state index is 12.7. The van der Waals surface area contributed by atoms with E-state index in [9.17, 15) is 18.3 Å². The zero-order chi connectivity index (χ0) is 15.9. The van der Waals surface area contributed by atoms with E-state index in [4.69, 9.17) is 11.6 Å². The molecular formula is C14H11ClN2O4S. The molecule has 0 aliphatic carbocycles. The largest absolute Gasteiger partial charge is 0.481 e. The Hall–Kier alpha value is -2.12. The lowest BCUT2D eigenvalue weighted by molar-refractivity contribution is -0.138. The van der Waals surface area contributed by atoms with Crippen molar-refractivity contribution >= 4 is 33.3 Å². The van der Waals surface area contributed by atoms with Crippen LogP contribution in [0.15, 0.2) is 47.5 Å². The normalized spacial score (nSPS) is 17.3. The minimum absolute atomic E-state index is 0.0299. The summed E-state index contributed by atoms with van der Waals surface area (Å²) in [5.74, 6) is -1.94. The van der Waals surface area contributed by atoms with E-state index in [1.165, 1.54) is 12.1 Å². The molecule has 0 amide bonds. The van der Waals surface area contributed by atoms with Gasteiger partial charge in [0.15, 0.2) is 0 Å². The zero-order valence-electron chi connectivity index (χ0n) is 11.2. The van der Waals surface area contributed by atoms with E-state index in [-0.39, 0.29) is 16.6 Å². The number of carboxylic acids is 1. The van der Waals surface area contributed by atoms with Gasteiger partial charge in [-0.3, -0.25) is 9.10 Å². The van der Waals surface area contributed by atoms with Crippen LogP contribution in [-0.2, 0) is 14.8 Å². The van der Waals surface area contributed by atoms with Crippen molar-refractivity contribution in [3.05, 3.63) is 53.3 Å². The van der Waals surface area contributed by atoms with E-state index in [0.29, 0.717) is 11.3 Å². The van der Waals surface area contributed by atoms with Gasteiger partial charge in [-0.25, -0.2) is 13.4 Å². The number of aliphatic carboxylic acids is 1. The lowest BCUT2D eigenvalue weighted by atomic mass is 10.0. The summed E-state index contributed by atoms with van der Waals surface area (Å²) in [5.41, 5.74) is 0.866. The fourth-order valence-corrected chi connectivity index (χ4v) is 4.02. The van der Waals surface area contributed by atoms with Crippen molar-refractivity contribution in [2.75, 3.05) is 10.8 Å². The topological polar surface area (TPSA) is 87.6 Å². The SMILES string of the molecule is O=C(O)C1CN(S(=O)(=O)c2ccc(Cl)nc2)c2ccccc21. The Morgan fingerprint density at radius 3 is 2.64 bits per heavy atom. The van der Waals surface area contributed by atoms with Gasteiger partial charge in [-0.1, -0.05) is 29.8 Å². The van der Waals surface area contributed by atoms with E-state index < -0.39 is 21.9 Å². The number of carboxylic acid groups (broad SMARTS) is 1. The van der Waals surface area contributed by atoms with Gasteiger partial charge < -0.3 is 5.11 Å². The maximum Gasteiger partial charge on any atom is 0.312 e. The van der Waals surface area contributed by atoms with Gasteiger partial charge >= 0.3 is 5.97 Å². The molecule has 0 fully saturated rings. The number of para-hydroxylation sites is 1. The average Bonchev–Trinajstić information content (AvgIpc) is 2.88. The Morgan fingerprint density at radius 1 is 1.27 bits per heavy atom. The molecule has 1 aromatic heterocycles. The highest BCUT2D eigenvalue weighted by atomic mass is 35.5. The number of anilines is 1. The van der Waals surface area contributed by atoms with Crippen molar-refractivity contribution in [1.82, 2.24) is 4.98 Å². The van der Waals surface area contributed by atoms with Crippen molar-refractivity contribution < 1.29 is 18.3 Å². The van der Waals surface area contributed by atoms with Crippen LogP contribution >= 0.6 is 11.6 Å². The Labute approximate surface area is 132 Å². The van der Waals surface area contributed by atoms with E-state index in [2.05, 4.69) is 4.98 Å². The number of rotatable bonds is 3. The Bertz CT molecular complexity index is 836.